The molecule has 3 fully saturated rings. The standard InChI is InChI=1S/C37H53N5O3Si2.C27H28N6O4.C24H24N6O2.C3H6O3/c1-28(43)34-35(30-16-12-9-13-17-30)40-36-32(31-18-19-33(38-24-31)29-14-10-8-11-15-29)25-39-42(36)37(34)41(26-44-20-22-46(2,3)4)27-45-21-23-47(5,6)7;1-16(35)27(37)32-11-9-18(10-12-32)24-23(22(36)15-34)25(28)33-26(31-24)20(14-30-33)19-7-8-21(29-13-19)17-5-3-2-4-6-17;25-23-21(20(32)14-31)22(16-8-10-26-11-9-16)29-24-18(13-28-30(23)24)17-6-7-19(27-12-17)15-4-2-1-3-5-15;1-2(4)3(5)6/h8,10-11,14-15,18-19,24-25,30H,9,12-13,16-17,20-23,26-27H2,1-7H3;2-8,13-14,16,18,34-35H,9-12,15,28H2,1H3;1-7,12-13,16,26,31H,8-11,14,25H2;2,4H,1H3,(H,5,6)/t;16-;;2-/m.1.1/s1. The van der Waals surface area contributed by atoms with Gasteiger partial charge >= 0.3 is 5.97 Å². The largest absolute Gasteiger partial charge is 0.479 e. The van der Waals surface area contributed by atoms with E-state index in [0.717, 1.165) is 137 Å². The van der Waals surface area contributed by atoms with E-state index in [1.807, 2.05) is 126 Å². The Balaban J connectivity index is 0.000000164. The quantitative estimate of drug-likeness (QED) is 0.0103. The van der Waals surface area contributed by atoms with Gasteiger partial charge in [-0.2, -0.15) is 28.8 Å². The van der Waals surface area contributed by atoms with Crippen molar-refractivity contribution in [2.45, 2.75) is 160 Å². The van der Waals surface area contributed by atoms with E-state index >= 15 is 0 Å². The molecule has 2 saturated heterocycles. The highest BCUT2D eigenvalue weighted by Crippen LogP contribution is 2.42. The Hall–Kier alpha value is -11.5. The molecule has 11 heterocycles. The number of aromatic nitrogens is 12. The Morgan fingerprint density at radius 2 is 0.844 bits per heavy atom. The predicted molar refractivity (Wildman–Crippen MR) is 477 cm³/mol. The van der Waals surface area contributed by atoms with Crippen molar-refractivity contribution in [2.24, 2.45) is 0 Å². The Kier molecular flexibility index (Phi) is 30.1. The zero-order chi connectivity index (χ0) is 86.9. The van der Waals surface area contributed by atoms with Crippen molar-refractivity contribution in [3.05, 3.63) is 198 Å². The number of amides is 1. The molecule has 9 aromatic heterocycles. The van der Waals surface area contributed by atoms with Gasteiger partial charge < -0.3 is 61.6 Å². The van der Waals surface area contributed by atoms with Crippen LogP contribution in [0.4, 0.5) is 17.5 Å². The van der Waals surface area contributed by atoms with Gasteiger partial charge in [0, 0.05) is 129 Å². The minimum Gasteiger partial charge on any atom is -0.479 e. The van der Waals surface area contributed by atoms with Crippen molar-refractivity contribution in [3.8, 4) is 67.2 Å². The zero-order valence-electron chi connectivity index (χ0n) is 70.8. The number of aliphatic hydroxyl groups excluding tert-OH is 4. The van der Waals surface area contributed by atoms with Crippen LogP contribution in [0.25, 0.3) is 84.1 Å². The number of ketones is 3. The summed E-state index contributed by atoms with van der Waals surface area (Å²) in [5.74, 6) is -1.29. The van der Waals surface area contributed by atoms with Gasteiger partial charge in [0.2, 0.25) is 0 Å². The second kappa shape index (κ2) is 40.9. The second-order valence-electron chi connectivity index (χ2n) is 33.6. The molecule has 1 saturated carbocycles. The fourth-order valence-corrected chi connectivity index (χ4v) is 16.8. The number of carboxylic acids is 1. The highest BCUT2D eigenvalue weighted by molar-refractivity contribution is 6.76. The average Bonchev–Trinajstić information content (AvgIpc) is 1.51. The van der Waals surface area contributed by atoms with Gasteiger partial charge in [0.15, 0.2) is 34.3 Å². The molecule has 31 heteroatoms. The number of nitrogen functional groups attached to an aromatic ring is 2. The number of nitrogens with zero attached hydrogens (tertiary/aromatic N) is 14. The third-order valence-electron chi connectivity index (χ3n) is 22.1. The van der Waals surface area contributed by atoms with Gasteiger partial charge in [-0.25, -0.2) is 19.7 Å². The number of ether oxygens (including phenoxy) is 2. The Morgan fingerprint density at radius 3 is 1.19 bits per heavy atom. The molecular weight excluding hydrogens is 1580 g/mol. The summed E-state index contributed by atoms with van der Waals surface area (Å²) in [6.07, 6.45) is 16.7. The van der Waals surface area contributed by atoms with Crippen LogP contribution in [0.5, 0.6) is 0 Å². The van der Waals surface area contributed by atoms with E-state index in [9.17, 15) is 39.3 Å². The number of pyridine rings is 3. The van der Waals surface area contributed by atoms with E-state index in [2.05, 4.69) is 87.9 Å². The Labute approximate surface area is 711 Å². The summed E-state index contributed by atoms with van der Waals surface area (Å²) in [5.41, 5.74) is 28.5. The Bertz CT molecular complexity index is 5550. The molecule has 29 nitrogen and oxygen atoms in total. The molecule has 3 aromatic carbocycles. The van der Waals surface area contributed by atoms with E-state index in [1.54, 1.807) is 36.6 Å². The van der Waals surface area contributed by atoms with Crippen LogP contribution in [0, 0.1) is 0 Å². The maximum absolute atomic E-state index is 13.7. The lowest BCUT2D eigenvalue weighted by Gasteiger charge is -2.33. The Morgan fingerprint density at radius 1 is 0.484 bits per heavy atom. The molecule has 0 unspecified atom stereocenters. The van der Waals surface area contributed by atoms with Crippen molar-refractivity contribution in [1.82, 2.24) is 69.0 Å². The molecule has 640 valence electrons. The molecular formula is C91H111N17O12Si2. The fraction of sp³-hybridized carbons (Fsp3) is 0.385. The van der Waals surface area contributed by atoms with Crippen LogP contribution >= 0.6 is 0 Å². The highest BCUT2D eigenvalue weighted by atomic mass is 28.3. The summed E-state index contributed by atoms with van der Waals surface area (Å²) < 4.78 is 17.4. The van der Waals surface area contributed by atoms with Gasteiger partial charge in [0.1, 0.15) is 56.3 Å². The SMILES string of the molecule is CC(=O)c1c(C2CCCCC2)nc2c(-c3ccc(-c4ccccc4)nc3)cnn2c1N(COCC[Si](C)(C)C)COCC[Si](C)(C)C.C[C@@H](O)C(=O)N1CCC(c2nc3c(-c4ccc(-c5ccccc5)nc4)cnn3c(N)c2C(=O)CO)CC1.C[C@@H](O)C(=O)O.Nc1c(C(=O)CO)c(C2CCNCC2)nc2c(-c3ccc(-c4ccccc4)nc3)cnn12. The van der Waals surface area contributed by atoms with Crippen molar-refractivity contribution in [3.63, 3.8) is 0 Å². The number of hydrogen-bond donors (Lipinski definition) is 8. The lowest BCUT2D eigenvalue weighted by molar-refractivity contribution is -0.145. The fourth-order valence-electron chi connectivity index (χ4n) is 15.3. The summed E-state index contributed by atoms with van der Waals surface area (Å²) in [6.45, 7) is 21.6. The van der Waals surface area contributed by atoms with Crippen LogP contribution in [-0.2, 0) is 19.1 Å². The van der Waals surface area contributed by atoms with E-state index in [1.165, 1.54) is 29.3 Å². The van der Waals surface area contributed by atoms with Crippen molar-refractivity contribution in [1.29, 1.82) is 0 Å². The van der Waals surface area contributed by atoms with Gasteiger partial charge in [-0.15, -0.1) is 0 Å². The molecule has 2 aliphatic heterocycles. The number of fused-ring (bicyclic) bond motifs is 3. The number of nitrogens with one attached hydrogen (secondary N) is 1. The number of carbonyl (C=O) groups is 5. The van der Waals surface area contributed by atoms with Crippen LogP contribution in [0.3, 0.4) is 0 Å². The van der Waals surface area contributed by atoms with Crippen LogP contribution in [-0.4, -0.2) is 213 Å². The third kappa shape index (κ3) is 21.8. The molecule has 12 aromatic rings. The number of Topliss-reactive ketones (excluding diaryl/α,β-unsaturated/α-hetero) is 3. The van der Waals surface area contributed by atoms with E-state index in [4.69, 9.17) is 56.2 Å². The number of aliphatic carboxylic acids is 1. The van der Waals surface area contributed by atoms with Crippen molar-refractivity contribution >= 4 is 79.8 Å². The molecule has 3 aliphatic rings. The lowest BCUT2D eigenvalue weighted by Crippen LogP contribution is -2.42. The minimum absolute atomic E-state index is 0.00454. The summed E-state index contributed by atoms with van der Waals surface area (Å²) in [4.78, 5) is 93.3. The first-order chi connectivity index (χ1) is 58.6. The van der Waals surface area contributed by atoms with Gasteiger partial charge in [-0.05, 0) is 103 Å². The number of anilines is 3. The number of benzene rings is 3. The van der Waals surface area contributed by atoms with E-state index < -0.39 is 59.1 Å². The number of piperidine rings is 2. The van der Waals surface area contributed by atoms with Crippen molar-refractivity contribution < 1.29 is 59.0 Å². The normalized spacial score (nSPS) is 14.7. The maximum atomic E-state index is 13.7. The third-order valence-corrected chi connectivity index (χ3v) is 25.5. The number of carboxylic acid groups (broad SMARTS) is 1. The van der Waals surface area contributed by atoms with E-state index in [-0.39, 0.29) is 52.2 Å². The maximum Gasteiger partial charge on any atom is 0.332 e. The molecule has 15 rings (SSSR count). The molecule has 0 bridgehead atoms. The molecule has 0 radical (unpaired) electrons. The van der Waals surface area contributed by atoms with Crippen LogP contribution in [0.2, 0.25) is 51.4 Å². The first kappa shape index (κ1) is 89.7. The van der Waals surface area contributed by atoms with Gasteiger partial charge in [-0.1, -0.05) is 168 Å². The van der Waals surface area contributed by atoms with E-state index in [0.29, 0.717) is 92.2 Å². The van der Waals surface area contributed by atoms with Gasteiger partial charge in [-0.3, -0.25) is 34.1 Å². The number of rotatable bonds is 27. The minimum atomic E-state index is -1.28. The number of carbonyl (C=O) groups excluding carboxylic acids is 4. The molecule has 2 atom stereocenters. The first-order valence-corrected chi connectivity index (χ1v) is 49.1. The second-order valence-corrected chi connectivity index (χ2v) is 44.8. The summed E-state index contributed by atoms with van der Waals surface area (Å²) in [7, 11) is -2.57. The number of likely N-dealkylation sites (tertiary alicyclic amines) is 1. The average molecular weight is 1690 g/mol. The smallest absolute Gasteiger partial charge is 0.332 e. The van der Waals surface area contributed by atoms with Crippen LogP contribution in [0.15, 0.2) is 165 Å². The molecule has 1 aliphatic carbocycles. The van der Waals surface area contributed by atoms with Gasteiger partial charge in [0.05, 0.1) is 69.4 Å². The monoisotopic (exact) mass is 1690 g/mol. The predicted octanol–water partition coefficient (Wildman–Crippen LogP) is 13.6. The number of aliphatic hydroxyl groups is 4. The molecule has 122 heavy (non-hydrogen) atoms. The zero-order valence-corrected chi connectivity index (χ0v) is 72.8. The number of hydrogen-bond acceptors (Lipinski definition) is 24. The topological polar surface area (TPSA) is 405 Å². The van der Waals surface area contributed by atoms with Crippen molar-refractivity contribution in [2.75, 3.05) is 82.4 Å². The molecule has 0 spiro atoms. The molecule has 1 amide bonds. The number of nitrogens with two attached hydrogens (primary N) is 2. The highest BCUT2D eigenvalue weighted by Gasteiger charge is 2.35. The summed E-state index contributed by atoms with van der Waals surface area (Å²) in [6, 6.07) is 44.1. The lowest BCUT2D eigenvalue weighted by atomic mass is 9.84. The van der Waals surface area contributed by atoms with Crippen LogP contribution < -0.4 is 21.7 Å². The molecule has 10 N–H and O–H groups in total. The summed E-state index contributed by atoms with van der Waals surface area (Å²) in [5, 5.41) is 61.6. The summed E-state index contributed by atoms with van der Waals surface area (Å²) >= 11 is 0. The first-order valence-electron chi connectivity index (χ1n) is 41.7. The van der Waals surface area contributed by atoms with Gasteiger partial charge in [0.25, 0.3) is 5.91 Å². The van der Waals surface area contributed by atoms with Crippen LogP contribution in [0.1, 0.15) is 144 Å².